The van der Waals surface area contributed by atoms with E-state index in [2.05, 4.69) is 19.2 Å². The summed E-state index contributed by atoms with van der Waals surface area (Å²) in [5, 5.41) is 15.4. The van der Waals surface area contributed by atoms with Crippen LogP contribution in [-0.2, 0) is 16.1 Å². The Labute approximate surface area is 224 Å². The van der Waals surface area contributed by atoms with Gasteiger partial charge in [-0.1, -0.05) is 63.6 Å². The number of carbonyl (C=O) groups excluding carboxylic acids is 2. The van der Waals surface area contributed by atoms with Gasteiger partial charge < -0.3 is 15.2 Å². The van der Waals surface area contributed by atoms with Crippen molar-refractivity contribution in [1.29, 1.82) is 0 Å². The van der Waals surface area contributed by atoms with Crippen molar-refractivity contribution in [2.24, 2.45) is 10.8 Å². The zero-order valence-corrected chi connectivity index (χ0v) is 23.0. The summed E-state index contributed by atoms with van der Waals surface area (Å²) in [6.07, 6.45) is 1.73. The number of halogens is 1. The first kappa shape index (κ1) is 27.0. The van der Waals surface area contributed by atoms with Crippen LogP contribution in [0, 0.1) is 10.8 Å². The maximum atomic E-state index is 13.8. The van der Waals surface area contributed by atoms with E-state index < -0.39 is 5.92 Å². The lowest BCUT2D eigenvalue weighted by atomic mass is 9.66. The zero-order valence-electron chi connectivity index (χ0n) is 22.3. The molecule has 0 heterocycles. The average Bonchev–Trinajstić information content (AvgIpc) is 2.80. The van der Waals surface area contributed by atoms with Crippen LogP contribution in [0.2, 0.25) is 5.02 Å². The lowest BCUT2D eigenvalue weighted by molar-refractivity contribution is -0.119. The van der Waals surface area contributed by atoms with E-state index in [1.165, 1.54) is 0 Å². The van der Waals surface area contributed by atoms with Gasteiger partial charge in [-0.05, 0) is 52.6 Å². The maximum Gasteiger partial charge on any atom is 0.163 e. The number of ether oxygens (including phenoxy) is 1. The minimum absolute atomic E-state index is 0.00592. The van der Waals surface area contributed by atoms with Gasteiger partial charge >= 0.3 is 0 Å². The molecule has 0 bridgehead atoms. The van der Waals surface area contributed by atoms with E-state index in [0.29, 0.717) is 54.1 Å². The van der Waals surface area contributed by atoms with Crippen LogP contribution >= 0.6 is 11.6 Å². The third kappa shape index (κ3) is 6.10. The van der Waals surface area contributed by atoms with E-state index in [1.54, 1.807) is 7.11 Å². The van der Waals surface area contributed by atoms with Gasteiger partial charge in [-0.3, -0.25) is 9.59 Å². The topological polar surface area (TPSA) is 75.6 Å². The maximum absolute atomic E-state index is 13.8. The van der Waals surface area contributed by atoms with Crippen molar-refractivity contribution in [3.05, 3.63) is 87.3 Å². The molecule has 2 aliphatic carbocycles. The largest absolute Gasteiger partial charge is 0.512 e. The molecular weight excluding hydrogens is 486 g/mol. The van der Waals surface area contributed by atoms with Gasteiger partial charge in [0.05, 0.1) is 7.11 Å². The number of allylic oxidation sites excluding steroid dienone is 4. The van der Waals surface area contributed by atoms with Gasteiger partial charge in [0.15, 0.2) is 11.6 Å². The Bertz CT molecular complexity index is 1250. The summed E-state index contributed by atoms with van der Waals surface area (Å²) in [5.74, 6) is -0.0246. The fourth-order valence-electron chi connectivity index (χ4n) is 5.54. The summed E-state index contributed by atoms with van der Waals surface area (Å²) in [4.78, 5) is 27.4. The highest BCUT2D eigenvalue weighted by molar-refractivity contribution is 6.30. The molecule has 0 aromatic heterocycles. The van der Waals surface area contributed by atoms with E-state index in [0.717, 1.165) is 16.8 Å². The highest BCUT2D eigenvalue weighted by Gasteiger charge is 2.43. The molecule has 0 aliphatic heterocycles. The van der Waals surface area contributed by atoms with Crippen molar-refractivity contribution >= 4 is 23.2 Å². The molecule has 196 valence electrons. The molecule has 0 saturated heterocycles. The quantitative estimate of drug-likeness (QED) is 0.407. The SMILES string of the molecule is COc1ccc([C@@H](C2=C(O)CC(C)(C)CC2=O)C2=C(NCc3ccc(Cl)cc3)CC(C)(C)CC2=O)cc1. The van der Waals surface area contributed by atoms with Crippen molar-refractivity contribution < 1.29 is 19.4 Å². The van der Waals surface area contributed by atoms with Crippen molar-refractivity contribution in [3.63, 3.8) is 0 Å². The number of nitrogens with one attached hydrogen (secondary N) is 1. The van der Waals surface area contributed by atoms with Crippen LogP contribution in [0.1, 0.15) is 70.4 Å². The molecule has 5 nitrogen and oxygen atoms in total. The van der Waals surface area contributed by atoms with Gasteiger partial charge in [0, 0.05) is 53.6 Å². The van der Waals surface area contributed by atoms with E-state index in [1.807, 2.05) is 62.4 Å². The molecule has 2 aromatic carbocycles. The fraction of sp³-hybridized carbons (Fsp3) is 0.419. The van der Waals surface area contributed by atoms with Crippen molar-refractivity contribution in [3.8, 4) is 5.75 Å². The molecule has 0 unspecified atom stereocenters. The normalized spacial score (nSPS) is 20.2. The Morgan fingerprint density at radius 2 is 1.43 bits per heavy atom. The van der Waals surface area contributed by atoms with E-state index in [-0.39, 0.29) is 28.2 Å². The number of aliphatic hydroxyl groups is 1. The number of hydrogen-bond acceptors (Lipinski definition) is 5. The van der Waals surface area contributed by atoms with Gasteiger partial charge in [0.25, 0.3) is 0 Å². The Kier molecular flexibility index (Phi) is 7.57. The van der Waals surface area contributed by atoms with Gasteiger partial charge in [0.1, 0.15) is 11.5 Å². The monoisotopic (exact) mass is 521 g/mol. The molecular formula is C31H36ClNO4. The summed E-state index contributed by atoms with van der Waals surface area (Å²) in [6, 6.07) is 15.0. The lowest BCUT2D eigenvalue weighted by Crippen LogP contribution is -2.36. The average molecular weight is 522 g/mol. The van der Waals surface area contributed by atoms with E-state index >= 15 is 0 Å². The Morgan fingerprint density at radius 3 is 2.00 bits per heavy atom. The third-order valence-corrected chi connectivity index (χ3v) is 7.51. The van der Waals surface area contributed by atoms with Crippen LogP contribution in [0.3, 0.4) is 0 Å². The molecule has 0 spiro atoms. The molecule has 0 amide bonds. The first-order valence-electron chi connectivity index (χ1n) is 12.7. The molecule has 0 fully saturated rings. The fourth-order valence-corrected chi connectivity index (χ4v) is 5.67. The number of ketones is 2. The van der Waals surface area contributed by atoms with Gasteiger partial charge in [-0.15, -0.1) is 0 Å². The lowest BCUT2D eigenvalue weighted by Gasteiger charge is -2.38. The van der Waals surface area contributed by atoms with Crippen LogP contribution in [0.5, 0.6) is 5.75 Å². The van der Waals surface area contributed by atoms with Crippen LogP contribution in [-0.4, -0.2) is 23.8 Å². The highest BCUT2D eigenvalue weighted by Crippen LogP contribution is 2.48. The Morgan fingerprint density at radius 1 is 0.865 bits per heavy atom. The number of carbonyl (C=O) groups is 2. The molecule has 2 N–H and O–H groups in total. The van der Waals surface area contributed by atoms with Crippen LogP contribution in [0.4, 0.5) is 0 Å². The summed E-state index contributed by atoms with van der Waals surface area (Å²) in [7, 11) is 1.60. The molecule has 2 aromatic rings. The second-order valence-corrected chi connectivity index (χ2v) is 12.3. The van der Waals surface area contributed by atoms with Crippen molar-refractivity contribution in [1.82, 2.24) is 5.32 Å². The number of benzene rings is 2. The third-order valence-electron chi connectivity index (χ3n) is 7.26. The predicted molar refractivity (Wildman–Crippen MR) is 147 cm³/mol. The first-order valence-corrected chi connectivity index (χ1v) is 13.1. The highest BCUT2D eigenvalue weighted by atomic mass is 35.5. The van der Waals surface area contributed by atoms with Gasteiger partial charge in [-0.2, -0.15) is 0 Å². The summed E-state index contributed by atoms with van der Waals surface area (Å²) in [6.45, 7) is 8.64. The van der Waals surface area contributed by atoms with E-state index in [4.69, 9.17) is 16.3 Å². The number of rotatable bonds is 7. The van der Waals surface area contributed by atoms with E-state index in [9.17, 15) is 14.7 Å². The van der Waals surface area contributed by atoms with Crippen LogP contribution in [0.15, 0.2) is 71.1 Å². The summed E-state index contributed by atoms with van der Waals surface area (Å²) >= 11 is 6.06. The molecule has 2 aliphatic rings. The number of hydrogen-bond donors (Lipinski definition) is 2. The molecule has 1 atom stereocenters. The van der Waals surface area contributed by atoms with Crippen molar-refractivity contribution in [2.45, 2.75) is 65.8 Å². The Hall–Kier alpha value is -3.05. The van der Waals surface area contributed by atoms with Gasteiger partial charge in [-0.25, -0.2) is 0 Å². The number of aliphatic hydroxyl groups excluding tert-OH is 1. The number of methoxy groups -OCH3 is 1. The molecule has 37 heavy (non-hydrogen) atoms. The zero-order chi connectivity index (χ0) is 27.0. The molecule has 0 saturated carbocycles. The standard InChI is InChI=1S/C31H36ClNO4/c1-30(2)14-23(33-18-19-6-10-21(32)11-7-19)28(24(34)15-30)27(20-8-12-22(37-5)13-9-20)29-25(35)16-31(3,4)17-26(29)36/h6-13,27,33,35H,14-18H2,1-5H3/t27-/m1/s1. The molecule has 4 rings (SSSR count). The summed E-state index contributed by atoms with van der Waals surface area (Å²) < 4.78 is 5.35. The van der Waals surface area contributed by atoms with Crippen molar-refractivity contribution in [2.75, 3.05) is 7.11 Å². The minimum atomic E-state index is -0.661. The second kappa shape index (κ2) is 10.4. The number of Topliss-reactive ketones (excluding diaryl/α,β-unsaturated/α-hetero) is 2. The summed E-state index contributed by atoms with van der Waals surface area (Å²) in [5.41, 5.74) is 2.95. The minimum Gasteiger partial charge on any atom is -0.512 e. The van der Waals surface area contributed by atoms with Crippen LogP contribution < -0.4 is 10.1 Å². The Balaban J connectivity index is 1.87. The predicted octanol–water partition coefficient (Wildman–Crippen LogP) is 7.07. The van der Waals surface area contributed by atoms with Crippen LogP contribution in [0.25, 0.3) is 0 Å². The first-order chi connectivity index (χ1) is 17.4. The smallest absolute Gasteiger partial charge is 0.163 e. The second-order valence-electron chi connectivity index (χ2n) is 11.8. The molecule has 6 heteroatoms. The van der Waals surface area contributed by atoms with Gasteiger partial charge in [0.2, 0.25) is 0 Å². The molecule has 0 radical (unpaired) electrons.